The molecule has 0 atom stereocenters. The van der Waals surface area contributed by atoms with Gasteiger partial charge in [0.1, 0.15) is 20.2 Å². The fraction of sp³-hybridized carbons (Fsp3) is 0.800. The molecule has 0 aromatic carbocycles. The van der Waals surface area contributed by atoms with Crippen molar-refractivity contribution in [3.05, 3.63) is 0 Å². The van der Waals surface area contributed by atoms with Crippen LogP contribution >= 0.6 is 0 Å². The largest absolute Gasteiger partial charge is 0.429 e. The second kappa shape index (κ2) is 5.72. The van der Waals surface area contributed by atoms with Crippen molar-refractivity contribution < 1.29 is 25.2 Å². The van der Waals surface area contributed by atoms with E-state index in [4.69, 9.17) is 20.4 Å². The first-order valence-electron chi connectivity index (χ1n) is 3.22. The van der Waals surface area contributed by atoms with Crippen LogP contribution in [0.4, 0.5) is 4.79 Å². The average molecular weight is 181 g/mol. The highest BCUT2D eigenvalue weighted by molar-refractivity contribution is 5.73. The molecule has 0 aliphatic carbocycles. The van der Waals surface area contributed by atoms with Gasteiger partial charge in [-0.1, -0.05) is 0 Å². The van der Waals surface area contributed by atoms with Gasteiger partial charge in [-0.05, 0) is 0 Å². The van der Waals surface area contributed by atoms with Gasteiger partial charge in [0.2, 0.25) is 6.73 Å². The molecule has 72 valence electrons. The van der Waals surface area contributed by atoms with Crippen molar-refractivity contribution >= 4 is 6.03 Å². The smallest absolute Gasteiger partial charge is 0.331 e. The van der Waals surface area contributed by atoms with Crippen LogP contribution in [-0.2, 0) is 0 Å². The van der Waals surface area contributed by atoms with E-state index in [0.717, 1.165) is 4.90 Å². The molecular formula is C5H13N2O5+. The van der Waals surface area contributed by atoms with E-state index >= 15 is 0 Å². The Morgan fingerprint density at radius 2 is 1.50 bits per heavy atom. The molecule has 0 aromatic heterocycles. The van der Waals surface area contributed by atoms with Crippen LogP contribution in [0, 0.1) is 0 Å². The Hall–Kier alpha value is -0.890. The van der Waals surface area contributed by atoms with Crippen molar-refractivity contribution in [1.29, 1.82) is 0 Å². The van der Waals surface area contributed by atoms with E-state index in [9.17, 15) is 4.79 Å². The SMILES string of the molecule is O=C(N(CO)CO)N(CO)C[OH2+]. The molecule has 12 heavy (non-hydrogen) atoms. The van der Waals surface area contributed by atoms with Crippen molar-refractivity contribution in [2.24, 2.45) is 0 Å². The van der Waals surface area contributed by atoms with Crippen molar-refractivity contribution in [1.82, 2.24) is 9.80 Å². The van der Waals surface area contributed by atoms with E-state index in [1.165, 1.54) is 0 Å². The third kappa shape index (κ3) is 2.62. The highest BCUT2D eigenvalue weighted by Gasteiger charge is 2.19. The maximum absolute atomic E-state index is 11.0. The molecule has 0 fully saturated rings. The van der Waals surface area contributed by atoms with E-state index in [-0.39, 0.29) is 0 Å². The number of carbonyl (C=O) groups is 1. The van der Waals surface area contributed by atoms with E-state index in [2.05, 4.69) is 0 Å². The zero-order chi connectivity index (χ0) is 9.56. The summed E-state index contributed by atoms with van der Waals surface area (Å²) in [4.78, 5) is 12.4. The molecule has 0 saturated carbocycles. The van der Waals surface area contributed by atoms with Crippen LogP contribution in [0.25, 0.3) is 0 Å². The topological polar surface area (TPSA) is 107 Å². The van der Waals surface area contributed by atoms with Crippen LogP contribution in [0.5, 0.6) is 0 Å². The summed E-state index contributed by atoms with van der Waals surface area (Å²) in [5.41, 5.74) is 0. The zero-order valence-corrected chi connectivity index (χ0v) is 6.47. The molecule has 0 aromatic rings. The molecule has 0 saturated heterocycles. The molecule has 0 aliphatic rings. The van der Waals surface area contributed by atoms with E-state index in [1.807, 2.05) is 0 Å². The molecule has 0 rings (SSSR count). The molecule has 0 heterocycles. The van der Waals surface area contributed by atoms with Gasteiger partial charge in [-0.2, -0.15) is 0 Å². The van der Waals surface area contributed by atoms with E-state index in [0.29, 0.717) is 4.90 Å². The summed E-state index contributed by atoms with van der Waals surface area (Å²) in [5, 5.41) is 32.3. The number of carbonyl (C=O) groups excluding carboxylic acids is 1. The number of urea groups is 1. The number of hydrogen-bond acceptors (Lipinski definition) is 4. The van der Waals surface area contributed by atoms with Gasteiger partial charge in [0, 0.05) is 0 Å². The van der Waals surface area contributed by atoms with Crippen LogP contribution in [0.3, 0.4) is 0 Å². The lowest BCUT2D eigenvalue weighted by Crippen LogP contribution is -2.44. The van der Waals surface area contributed by atoms with E-state index in [1.54, 1.807) is 0 Å². The fourth-order valence-corrected chi connectivity index (χ4v) is 0.544. The first-order chi connectivity index (χ1) is 5.71. The Kier molecular flexibility index (Phi) is 5.30. The number of amides is 2. The van der Waals surface area contributed by atoms with Crippen molar-refractivity contribution in [2.75, 3.05) is 26.9 Å². The Labute approximate surface area is 69.1 Å². The van der Waals surface area contributed by atoms with Gasteiger partial charge >= 0.3 is 6.03 Å². The van der Waals surface area contributed by atoms with Crippen LogP contribution in [0.2, 0.25) is 0 Å². The first-order valence-corrected chi connectivity index (χ1v) is 3.22. The minimum absolute atomic E-state index is 0.425. The molecule has 0 aliphatic heterocycles. The predicted octanol–water partition coefficient (Wildman–Crippen LogP) is -2.76. The van der Waals surface area contributed by atoms with Gasteiger partial charge in [0.15, 0.2) is 0 Å². The molecule has 5 N–H and O–H groups in total. The van der Waals surface area contributed by atoms with Crippen molar-refractivity contribution in [3.63, 3.8) is 0 Å². The second-order valence-electron chi connectivity index (χ2n) is 1.94. The molecular weight excluding hydrogens is 168 g/mol. The van der Waals surface area contributed by atoms with Crippen LogP contribution in [-0.4, -0.2) is 63.2 Å². The Bertz CT molecular complexity index is 120. The number of hydrogen-bond donors (Lipinski definition) is 3. The van der Waals surface area contributed by atoms with Gasteiger partial charge in [-0.25, -0.2) is 9.69 Å². The minimum atomic E-state index is -0.780. The quantitative estimate of drug-likeness (QED) is 0.322. The monoisotopic (exact) mass is 181 g/mol. The lowest BCUT2D eigenvalue weighted by molar-refractivity contribution is 0.00247. The van der Waals surface area contributed by atoms with Gasteiger partial charge in [-0.15, -0.1) is 0 Å². The van der Waals surface area contributed by atoms with Gasteiger partial charge in [0.25, 0.3) is 0 Å². The van der Waals surface area contributed by atoms with Crippen LogP contribution in [0.15, 0.2) is 0 Å². The first kappa shape index (κ1) is 11.1. The number of aliphatic hydroxyl groups excluding tert-OH is 3. The van der Waals surface area contributed by atoms with Gasteiger partial charge in [-0.3, -0.25) is 4.90 Å². The van der Waals surface area contributed by atoms with Gasteiger partial charge < -0.3 is 20.4 Å². The molecule has 2 amide bonds. The minimum Gasteiger partial charge on any atom is -0.429 e. The third-order valence-electron chi connectivity index (χ3n) is 1.24. The fourth-order valence-electron chi connectivity index (χ4n) is 0.544. The zero-order valence-electron chi connectivity index (χ0n) is 6.47. The molecule has 0 unspecified atom stereocenters. The summed E-state index contributed by atoms with van der Waals surface area (Å²) in [5.74, 6) is 0. The Balaban J connectivity index is 4.12. The van der Waals surface area contributed by atoms with Crippen LogP contribution < -0.4 is 0 Å². The third-order valence-corrected chi connectivity index (χ3v) is 1.24. The normalized spacial score (nSPS) is 9.67. The standard InChI is InChI=1S/C5H12N2O5/c8-1-6(2-9)5(12)7(3-10)4-11/h8-11H,1-4H2/p+1. The van der Waals surface area contributed by atoms with Gasteiger partial charge in [0.05, 0.1) is 0 Å². The highest BCUT2D eigenvalue weighted by atomic mass is 16.3. The number of nitrogens with zero attached hydrogens (tertiary/aromatic N) is 2. The number of rotatable bonds is 4. The van der Waals surface area contributed by atoms with E-state index < -0.39 is 33.0 Å². The lowest BCUT2D eigenvalue weighted by Gasteiger charge is -2.22. The van der Waals surface area contributed by atoms with Crippen molar-refractivity contribution in [3.8, 4) is 0 Å². The Morgan fingerprint density at radius 1 is 1.08 bits per heavy atom. The molecule has 0 bridgehead atoms. The summed E-state index contributed by atoms with van der Waals surface area (Å²) in [6, 6.07) is -0.780. The molecule has 0 spiro atoms. The van der Waals surface area contributed by atoms with Crippen LogP contribution in [0.1, 0.15) is 0 Å². The highest BCUT2D eigenvalue weighted by Crippen LogP contribution is 1.94. The summed E-state index contributed by atoms with van der Waals surface area (Å²) < 4.78 is 0. The molecule has 0 radical (unpaired) electrons. The summed E-state index contributed by atoms with van der Waals surface area (Å²) >= 11 is 0. The summed E-state index contributed by atoms with van der Waals surface area (Å²) in [6.07, 6.45) is 0. The molecule has 7 heteroatoms. The maximum atomic E-state index is 11.0. The lowest BCUT2D eigenvalue weighted by atomic mass is 10.7. The van der Waals surface area contributed by atoms with Crippen molar-refractivity contribution in [2.45, 2.75) is 0 Å². The predicted molar refractivity (Wildman–Crippen MR) is 38.8 cm³/mol. The second-order valence-corrected chi connectivity index (χ2v) is 1.94. The molecule has 7 nitrogen and oxygen atoms in total. The summed E-state index contributed by atoms with van der Waals surface area (Å²) in [7, 11) is 0. The summed E-state index contributed by atoms with van der Waals surface area (Å²) in [6.45, 7) is -2.33. The maximum Gasteiger partial charge on any atom is 0.331 e. The number of aliphatic hydroxyl groups is 3. The Morgan fingerprint density at radius 3 is 1.75 bits per heavy atom. The average Bonchev–Trinajstić information content (AvgIpc) is 2.09.